The molecule has 0 aliphatic rings. The number of phenols is 1. The Hall–Kier alpha value is -1.51. The van der Waals surface area contributed by atoms with Gasteiger partial charge in [-0.2, -0.15) is 0 Å². The molecule has 3 heteroatoms. The van der Waals surface area contributed by atoms with Crippen LogP contribution < -0.4 is 0 Å². The Bertz CT molecular complexity index is 436. The summed E-state index contributed by atoms with van der Waals surface area (Å²) in [4.78, 5) is 11.4. The molecule has 0 spiro atoms. The van der Waals surface area contributed by atoms with Crippen LogP contribution in [-0.4, -0.2) is 18.2 Å². The number of benzene rings is 1. The first kappa shape index (κ1) is 15.5. The van der Waals surface area contributed by atoms with Crippen molar-refractivity contribution in [3.8, 4) is 5.75 Å². The molecule has 0 saturated heterocycles. The van der Waals surface area contributed by atoms with E-state index in [4.69, 9.17) is 0 Å². The quantitative estimate of drug-likeness (QED) is 0.819. The van der Waals surface area contributed by atoms with E-state index in [0.29, 0.717) is 17.8 Å². The zero-order valence-corrected chi connectivity index (χ0v) is 12.4. The maximum absolute atomic E-state index is 11.4. The number of phenolic OH excluding ortho intramolecular Hbond substituents is 1. The lowest BCUT2D eigenvalue weighted by molar-refractivity contribution is 0.0597. The van der Waals surface area contributed by atoms with Crippen LogP contribution in [-0.2, 0) is 4.74 Å². The molecule has 0 amide bonds. The first-order chi connectivity index (χ1) is 8.86. The zero-order chi connectivity index (χ0) is 14.6. The smallest absolute Gasteiger partial charge is 0.341 e. The van der Waals surface area contributed by atoms with E-state index < -0.39 is 5.97 Å². The van der Waals surface area contributed by atoms with Crippen LogP contribution in [0.4, 0.5) is 0 Å². The van der Waals surface area contributed by atoms with Gasteiger partial charge >= 0.3 is 5.97 Å². The average molecular weight is 264 g/mol. The number of methoxy groups -OCH3 is 1. The minimum absolute atomic E-state index is 0.00115. The van der Waals surface area contributed by atoms with Gasteiger partial charge in [0.15, 0.2) is 0 Å². The monoisotopic (exact) mass is 264 g/mol. The molecule has 106 valence electrons. The molecule has 0 aliphatic carbocycles. The van der Waals surface area contributed by atoms with Gasteiger partial charge in [-0.25, -0.2) is 4.79 Å². The second kappa shape index (κ2) is 6.60. The number of aromatic hydroxyl groups is 1. The lowest BCUT2D eigenvalue weighted by atomic mass is 9.82. The predicted octanol–water partition coefficient (Wildman–Crippen LogP) is 3.96. The number of rotatable bonds is 5. The summed E-state index contributed by atoms with van der Waals surface area (Å²) in [6.45, 7) is 8.74. The zero-order valence-electron chi connectivity index (χ0n) is 12.4. The van der Waals surface area contributed by atoms with Gasteiger partial charge in [-0.05, 0) is 41.9 Å². The standard InChI is InChI=1S/C16H24O3/c1-10(2)8-14(11(3)4)12-6-7-13(15(17)9-12)16(18)19-5/h6-7,9-11,14,17H,8H2,1-5H3. The second-order valence-electron chi connectivity index (χ2n) is 5.75. The average Bonchev–Trinajstić information content (AvgIpc) is 2.34. The van der Waals surface area contributed by atoms with Crippen LogP contribution >= 0.6 is 0 Å². The van der Waals surface area contributed by atoms with Crippen molar-refractivity contribution in [1.82, 2.24) is 0 Å². The van der Waals surface area contributed by atoms with Crippen LogP contribution in [0.1, 0.15) is 56.0 Å². The summed E-state index contributed by atoms with van der Waals surface area (Å²) in [7, 11) is 1.31. The van der Waals surface area contributed by atoms with E-state index in [0.717, 1.165) is 12.0 Å². The SMILES string of the molecule is COC(=O)c1ccc(C(CC(C)C)C(C)C)cc1O. The fraction of sp³-hybridized carbons (Fsp3) is 0.562. The van der Waals surface area contributed by atoms with Crippen LogP contribution in [0.5, 0.6) is 5.75 Å². The lowest BCUT2D eigenvalue weighted by Crippen LogP contribution is -2.10. The van der Waals surface area contributed by atoms with Crippen LogP contribution in [0.2, 0.25) is 0 Å². The Labute approximate surface area is 115 Å². The highest BCUT2D eigenvalue weighted by Gasteiger charge is 2.20. The topological polar surface area (TPSA) is 46.5 Å². The highest BCUT2D eigenvalue weighted by Crippen LogP contribution is 2.33. The maximum Gasteiger partial charge on any atom is 0.341 e. The Kier molecular flexibility index (Phi) is 5.40. The summed E-state index contributed by atoms with van der Waals surface area (Å²) in [6, 6.07) is 5.25. The Morgan fingerprint density at radius 3 is 2.32 bits per heavy atom. The third-order valence-corrected chi connectivity index (χ3v) is 3.39. The fourth-order valence-corrected chi connectivity index (χ4v) is 2.36. The molecule has 0 radical (unpaired) electrons. The molecule has 1 atom stereocenters. The van der Waals surface area contributed by atoms with Gasteiger partial charge in [0, 0.05) is 0 Å². The molecule has 1 rings (SSSR count). The molecule has 0 aliphatic heterocycles. The molecule has 1 aromatic rings. The summed E-state index contributed by atoms with van der Waals surface area (Å²) < 4.78 is 4.63. The van der Waals surface area contributed by atoms with Crippen molar-refractivity contribution in [2.45, 2.75) is 40.0 Å². The molecule has 0 bridgehead atoms. The van der Waals surface area contributed by atoms with Crippen molar-refractivity contribution >= 4 is 5.97 Å². The number of carbonyl (C=O) groups is 1. The van der Waals surface area contributed by atoms with E-state index >= 15 is 0 Å². The molecular formula is C16H24O3. The van der Waals surface area contributed by atoms with Crippen molar-refractivity contribution < 1.29 is 14.6 Å². The van der Waals surface area contributed by atoms with Crippen molar-refractivity contribution in [3.63, 3.8) is 0 Å². The van der Waals surface area contributed by atoms with Gasteiger partial charge in [-0.15, -0.1) is 0 Å². The summed E-state index contributed by atoms with van der Waals surface area (Å²) in [5, 5.41) is 9.96. The maximum atomic E-state index is 11.4. The first-order valence-corrected chi connectivity index (χ1v) is 6.78. The van der Waals surface area contributed by atoms with Gasteiger partial charge in [0.1, 0.15) is 11.3 Å². The number of ether oxygens (including phenoxy) is 1. The molecule has 0 heterocycles. The molecule has 3 nitrogen and oxygen atoms in total. The predicted molar refractivity (Wildman–Crippen MR) is 76.5 cm³/mol. The summed E-state index contributed by atoms with van der Waals surface area (Å²) >= 11 is 0. The molecule has 0 saturated carbocycles. The van der Waals surface area contributed by atoms with Gasteiger partial charge in [0.2, 0.25) is 0 Å². The Morgan fingerprint density at radius 1 is 1.26 bits per heavy atom. The van der Waals surface area contributed by atoms with Crippen molar-refractivity contribution in [2.24, 2.45) is 11.8 Å². The highest BCUT2D eigenvalue weighted by atomic mass is 16.5. The van der Waals surface area contributed by atoms with Gasteiger partial charge in [-0.1, -0.05) is 33.8 Å². The summed E-state index contributed by atoms with van der Waals surface area (Å²) in [6.07, 6.45) is 1.06. The van der Waals surface area contributed by atoms with Gasteiger partial charge in [0.05, 0.1) is 7.11 Å². The Balaban J connectivity index is 3.06. The molecule has 1 N–H and O–H groups in total. The number of carbonyl (C=O) groups excluding carboxylic acids is 1. The highest BCUT2D eigenvalue weighted by molar-refractivity contribution is 5.92. The Morgan fingerprint density at radius 2 is 1.89 bits per heavy atom. The van der Waals surface area contributed by atoms with Crippen LogP contribution in [0.25, 0.3) is 0 Å². The van der Waals surface area contributed by atoms with Gasteiger partial charge < -0.3 is 9.84 Å². The van der Waals surface area contributed by atoms with Gasteiger partial charge in [0.25, 0.3) is 0 Å². The molecule has 0 aromatic heterocycles. The molecule has 1 aromatic carbocycles. The minimum atomic E-state index is -0.506. The second-order valence-corrected chi connectivity index (χ2v) is 5.75. The summed E-state index contributed by atoms with van der Waals surface area (Å²) in [5.41, 5.74) is 1.30. The number of esters is 1. The van der Waals surface area contributed by atoms with E-state index in [1.54, 1.807) is 12.1 Å². The van der Waals surface area contributed by atoms with E-state index in [1.807, 2.05) is 6.07 Å². The minimum Gasteiger partial charge on any atom is -0.507 e. The van der Waals surface area contributed by atoms with Gasteiger partial charge in [-0.3, -0.25) is 0 Å². The largest absolute Gasteiger partial charge is 0.507 e. The normalized spacial score (nSPS) is 12.8. The van der Waals surface area contributed by atoms with Crippen molar-refractivity contribution in [2.75, 3.05) is 7.11 Å². The molecule has 19 heavy (non-hydrogen) atoms. The summed E-state index contributed by atoms with van der Waals surface area (Å²) in [5.74, 6) is 0.964. The third kappa shape index (κ3) is 3.98. The molecule has 1 unspecified atom stereocenters. The van der Waals surface area contributed by atoms with Crippen molar-refractivity contribution in [3.05, 3.63) is 29.3 Å². The van der Waals surface area contributed by atoms with Crippen LogP contribution in [0.15, 0.2) is 18.2 Å². The third-order valence-electron chi connectivity index (χ3n) is 3.39. The van der Waals surface area contributed by atoms with E-state index in [2.05, 4.69) is 32.4 Å². The van der Waals surface area contributed by atoms with E-state index in [1.165, 1.54) is 7.11 Å². The van der Waals surface area contributed by atoms with Crippen molar-refractivity contribution in [1.29, 1.82) is 0 Å². The molecule has 0 fully saturated rings. The number of hydrogen-bond acceptors (Lipinski definition) is 3. The van der Waals surface area contributed by atoms with Crippen LogP contribution in [0.3, 0.4) is 0 Å². The fourth-order valence-electron chi connectivity index (χ4n) is 2.36. The molecular weight excluding hydrogens is 240 g/mol. The van der Waals surface area contributed by atoms with Crippen LogP contribution in [0, 0.1) is 11.8 Å². The lowest BCUT2D eigenvalue weighted by Gasteiger charge is -2.23. The van der Waals surface area contributed by atoms with E-state index in [9.17, 15) is 9.90 Å². The number of hydrogen-bond donors (Lipinski definition) is 1. The first-order valence-electron chi connectivity index (χ1n) is 6.78. The van der Waals surface area contributed by atoms with E-state index in [-0.39, 0.29) is 11.3 Å².